The van der Waals surface area contributed by atoms with Crippen molar-refractivity contribution < 1.29 is 48.8 Å². The van der Waals surface area contributed by atoms with Gasteiger partial charge in [-0.3, -0.25) is 4.55 Å². The van der Waals surface area contributed by atoms with E-state index < -0.39 is 51.0 Å². The molecule has 1 aromatic rings. The van der Waals surface area contributed by atoms with Crippen molar-refractivity contribution >= 4 is 21.8 Å². The molecule has 142 valence electrons. The second-order valence-electron chi connectivity index (χ2n) is 5.03. The molecule has 0 heterocycles. The molecule has 0 aliphatic heterocycles. The van der Waals surface area contributed by atoms with Crippen LogP contribution in [0, 0.1) is 6.92 Å². The third kappa shape index (κ3) is 4.54. The molecule has 1 rings (SSSR count). The molecule has 0 aliphatic rings. The Labute approximate surface area is 137 Å². The summed E-state index contributed by atoms with van der Waals surface area (Å²) < 4.78 is 112. The zero-order valence-corrected chi connectivity index (χ0v) is 13.1. The molecule has 13 heteroatoms. The Balaban J connectivity index is 3.53. The van der Waals surface area contributed by atoms with E-state index in [9.17, 15) is 39.6 Å². The van der Waals surface area contributed by atoms with E-state index in [-0.39, 0.29) is 5.56 Å². The van der Waals surface area contributed by atoms with Crippen molar-refractivity contribution in [1.82, 2.24) is 0 Å². The summed E-state index contributed by atoms with van der Waals surface area (Å²) in [5.74, 6) is -5.11. The first kappa shape index (κ1) is 21.0. The largest absolute Gasteiger partial charge is 0.438 e. The highest BCUT2D eigenvalue weighted by atomic mass is 32.2. The van der Waals surface area contributed by atoms with Crippen molar-refractivity contribution in [2.24, 2.45) is 0 Å². The summed E-state index contributed by atoms with van der Waals surface area (Å²) in [5, 5.41) is 0. The Bertz CT molecular complexity index is 757. The number of nitrogen functional groups attached to an aromatic ring is 1. The van der Waals surface area contributed by atoms with Crippen molar-refractivity contribution in [3.63, 3.8) is 0 Å². The molecule has 0 fully saturated rings. The maximum Gasteiger partial charge on any atom is 0.438 e. The van der Waals surface area contributed by atoms with Crippen LogP contribution in [-0.2, 0) is 14.9 Å². The fourth-order valence-electron chi connectivity index (χ4n) is 1.79. The molecule has 6 nitrogen and oxygen atoms in total. The van der Waals surface area contributed by atoms with Gasteiger partial charge in [-0.1, -0.05) is 11.6 Å². The number of carbonyl (C=O) groups excluding carboxylic acids is 1. The minimum atomic E-state index is -6.39. The van der Waals surface area contributed by atoms with Crippen molar-refractivity contribution in [1.29, 1.82) is 0 Å². The second kappa shape index (κ2) is 6.37. The third-order valence-electron chi connectivity index (χ3n) is 3.00. The van der Waals surface area contributed by atoms with Crippen LogP contribution in [0.1, 0.15) is 15.9 Å². The lowest BCUT2D eigenvalue weighted by molar-refractivity contribution is -0.356. The Morgan fingerprint density at radius 1 is 1.16 bits per heavy atom. The van der Waals surface area contributed by atoms with E-state index >= 15 is 0 Å². The molecule has 0 unspecified atom stereocenters. The van der Waals surface area contributed by atoms with E-state index in [4.69, 9.17) is 10.3 Å². The van der Waals surface area contributed by atoms with Gasteiger partial charge >= 0.3 is 23.9 Å². The van der Waals surface area contributed by atoms with Crippen LogP contribution >= 0.6 is 0 Å². The number of alkyl halides is 6. The van der Waals surface area contributed by atoms with Gasteiger partial charge in [0.1, 0.15) is 5.75 Å². The maximum absolute atomic E-state index is 13.1. The Kier molecular flexibility index (Phi) is 5.35. The van der Waals surface area contributed by atoms with Gasteiger partial charge in [0.25, 0.3) is 10.1 Å². The number of aryl methyl sites for hydroxylation is 1. The van der Waals surface area contributed by atoms with Gasteiger partial charge in [-0.2, -0.15) is 34.8 Å². The standard InChI is InChI=1S/C12H11F6NO5S/c1-6-2-3-8(19)7(4-6)9(20)24-10(11(13,14)15,12(16,17)18)5-25(21,22)23/h2-4H,5,19H2,1H3,(H,21,22,23). The van der Waals surface area contributed by atoms with Gasteiger partial charge in [-0.05, 0) is 19.1 Å². The molecule has 0 saturated carbocycles. The monoisotopic (exact) mass is 395 g/mol. The first-order chi connectivity index (χ1) is 11.0. The number of carbonyl (C=O) groups is 1. The zero-order chi connectivity index (χ0) is 19.8. The summed E-state index contributed by atoms with van der Waals surface area (Å²) in [6, 6.07) is 3.23. The minimum Gasteiger partial charge on any atom is -0.435 e. The summed E-state index contributed by atoms with van der Waals surface area (Å²) >= 11 is 0. The topological polar surface area (TPSA) is 107 Å². The van der Waals surface area contributed by atoms with Crippen LogP contribution in [0.4, 0.5) is 32.0 Å². The predicted octanol–water partition coefficient (Wildman–Crippen LogP) is 2.49. The first-order valence-corrected chi connectivity index (χ1v) is 7.79. The lowest BCUT2D eigenvalue weighted by Crippen LogP contribution is -2.63. The molecule has 0 radical (unpaired) electrons. The molecular weight excluding hydrogens is 384 g/mol. The first-order valence-electron chi connectivity index (χ1n) is 6.18. The average Bonchev–Trinajstić information content (AvgIpc) is 2.36. The molecule has 0 saturated heterocycles. The lowest BCUT2D eigenvalue weighted by atomic mass is 10.0. The summed E-state index contributed by atoms with van der Waals surface area (Å²) in [6.07, 6.45) is -12.8. The maximum atomic E-state index is 13.1. The molecule has 0 spiro atoms. The molecule has 3 N–H and O–H groups in total. The van der Waals surface area contributed by atoms with E-state index in [1.165, 1.54) is 13.0 Å². The summed E-state index contributed by atoms with van der Waals surface area (Å²) in [4.78, 5) is 11.8. The van der Waals surface area contributed by atoms with E-state index in [0.717, 1.165) is 12.1 Å². The summed E-state index contributed by atoms with van der Waals surface area (Å²) in [5.41, 5.74) is -1.19. The molecule has 0 aromatic heterocycles. The number of hydrogen-bond donors (Lipinski definition) is 2. The van der Waals surface area contributed by atoms with Crippen LogP contribution in [0.25, 0.3) is 0 Å². The lowest BCUT2D eigenvalue weighted by Gasteiger charge is -2.35. The smallest absolute Gasteiger partial charge is 0.435 e. The van der Waals surface area contributed by atoms with Gasteiger partial charge in [-0.15, -0.1) is 0 Å². The highest BCUT2D eigenvalue weighted by Gasteiger charge is 2.76. The van der Waals surface area contributed by atoms with Crippen LogP contribution in [0.3, 0.4) is 0 Å². The minimum absolute atomic E-state index is 0.264. The van der Waals surface area contributed by atoms with E-state index in [1.54, 1.807) is 0 Å². The van der Waals surface area contributed by atoms with Crippen molar-refractivity contribution in [2.75, 3.05) is 11.5 Å². The van der Waals surface area contributed by atoms with Crippen LogP contribution in [0.5, 0.6) is 0 Å². The fourth-order valence-corrected chi connectivity index (χ4v) is 2.69. The number of benzene rings is 1. The summed E-state index contributed by atoms with van der Waals surface area (Å²) in [7, 11) is -5.84. The quantitative estimate of drug-likeness (QED) is 0.351. The molecule has 1 aromatic carbocycles. The van der Waals surface area contributed by atoms with Crippen LogP contribution in [0.2, 0.25) is 0 Å². The van der Waals surface area contributed by atoms with Crippen molar-refractivity contribution in [3.8, 4) is 0 Å². The van der Waals surface area contributed by atoms with E-state index in [1.807, 2.05) is 0 Å². The predicted molar refractivity (Wildman–Crippen MR) is 72.3 cm³/mol. The number of hydrogen-bond acceptors (Lipinski definition) is 5. The molecule has 0 aliphatic carbocycles. The van der Waals surface area contributed by atoms with Gasteiger partial charge in [-0.25, -0.2) is 4.79 Å². The number of ether oxygens (including phenoxy) is 1. The van der Waals surface area contributed by atoms with E-state index in [0.29, 0.717) is 0 Å². The van der Waals surface area contributed by atoms with E-state index in [2.05, 4.69) is 4.74 Å². The Morgan fingerprint density at radius 3 is 2.04 bits per heavy atom. The number of rotatable bonds is 4. The molecular formula is C12H11F6NO5S. The van der Waals surface area contributed by atoms with Gasteiger partial charge in [0.2, 0.25) is 0 Å². The number of halogens is 6. The fraction of sp³-hybridized carbons (Fsp3) is 0.417. The zero-order valence-electron chi connectivity index (χ0n) is 12.3. The van der Waals surface area contributed by atoms with Crippen molar-refractivity contribution in [3.05, 3.63) is 29.3 Å². The molecule has 0 atom stereocenters. The van der Waals surface area contributed by atoms with Gasteiger partial charge in [0.05, 0.1) is 5.56 Å². The SMILES string of the molecule is Cc1ccc(N)c(C(=O)OC(CS(=O)(=O)O)(C(F)(F)F)C(F)(F)F)c1. The van der Waals surface area contributed by atoms with Gasteiger partial charge < -0.3 is 10.5 Å². The molecule has 0 amide bonds. The van der Waals surface area contributed by atoms with Crippen LogP contribution in [0.15, 0.2) is 18.2 Å². The second-order valence-corrected chi connectivity index (χ2v) is 6.48. The van der Waals surface area contributed by atoms with Crippen molar-refractivity contribution in [2.45, 2.75) is 24.9 Å². The third-order valence-corrected chi connectivity index (χ3v) is 3.77. The highest BCUT2D eigenvalue weighted by Crippen LogP contribution is 2.47. The average molecular weight is 395 g/mol. The molecule has 25 heavy (non-hydrogen) atoms. The number of esters is 1. The Morgan fingerprint density at radius 2 is 1.64 bits per heavy atom. The number of nitrogens with two attached hydrogens (primary N) is 1. The summed E-state index contributed by atoms with van der Waals surface area (Å²) in [6.45, 7) is 1.37. The number of anilines is 1. The highest BCUT2D eigenvalue weighted by molar-refractivity contribution is 7.85. The Hall–Kier alpha value is -2.02. The van der Waals surface area contributed by atoms with Crippen LogP contribution < -0.4 is 5.73 Å². The van der Waals surface area contributed by atoms with Gasteiger partial charge in [0.15, 0.2) is 0 Å². The van der Waals surface area contributed by atoms with Crippen LogP contribution in [-0.4, -0.2) is 42.6 Å². The normalized spacial score (nSPS) is 13.6. The van der Waals surface area contributed by atoms with Gasteiger partial charge in [0, 0.05) is 5.69 Å². The molecule has 0 bridgehead atoms.